The fourth-order valence-corrected chi connectivity index (χ4v) is 3.23. The number of methoxy groups -OCH3 is 1. The van der Waals surface area contributed by atoms with Gasteiger partial charge in [-0.2, -0.15) is 0 Å². The minimum Gasteiger partial charge on any atom is -0.377 e. The minimum absolute atomic E-state index is 0.0526. The molecule has 0 spiro atoms. The van der Waals surface area contributed by atoms with Crippen LogP contribution in [0, 0.1) is 0 Å². The highest BCUT2D eigenvalue weighted by atomic mass is 16.5. The number of carbonyl (C=O) groups is 2. The van der Waals surface area contributed by atoms with E-state index >= 15 is 0 Å². The maximum atomic E-state index is 12.9. The summed E-state index contributed by atoms with van der Waals surface area (Å²) in [6.07, 6.45) is 6.41. The molecule has 2 aromatic heterocycles. The average Bonchev–Trinajstić information content (AvgIpc) is 2.86. The Morgan fingerprint density at radius 1 is 1.32 bits per heavy atom. The second-order valence-corrected chi connectivity index (χ2v) is 6.67. The Hall–Kier alpha value is -2.87. The van der Waals surface area contributed by atoms with Crippen molar-refractivity contribution in [3.8, 4) is 0 Å². The average molecular weight is 383 g/mol. The van der Waals surface area contributed by atoms with E-state index in [1.54, 1.807) is 35.5 Å². The zero-order valence-corrected chi connectivity index (χ0v) is 16.3. The fraction of sp³-hybridized carbons (Fsp3) is 0.450. The number of hydrogen-bond donors (Lipinski definition) is 0. The normalized spacial score (nSPS) is 13.8. The number of rotatable bonds is 7. The minimum atomic E-state index is -0.190. The molecule has 0 aromatic carbocycles. The highest BCUT2D eigenvalue weighted by Crippen LogP contribution is 2.17. The summed E-state index contributed by atoms with van der Waals surface area (Å²) in [6.45, 7) is 3.89. The van der Waals surface area contributed by atoms with Crippen LogP contribution in [0.15, 0.2) is 30.7 Å². The van der Waals surface area contributed by atoms with E-state index in [4.69, 9.17) is 4.74 Å². The maximum Gasteiger partial charge on any atom is 0.257 e. The lowest BCUT2D eigenvalue weighted by Crippen LogP contribution is -2.42. The third kappa shape index (κ3) is 4.69. The second kappa shape index (κ2) is 9.36. The van der Waals surface area contributed by atoms with Crippen molar-refractivity contribution in [3.05, 3.63) is 53.4 Å². The molecule has 0 fully saturated rings. The van der Waals surface area contributed by atoms with Crippen LogP contribution in [0.1, 0.15) is 40.8 Å². The van der Waals surface area contributed by atoms with Crippen molar-refractivity contribution in [3.63, 3.8) is 0 Å². The number of aryl methyl sites for hydroxylation is 1. The Kier molecular flexibility index (Phi) is 6.65. The van der Waals surface area contributed by atoms with Gasteiger partial charge in [-0.1, -0.05) is 0 Å². The van der Waals surface area contributed by atoms with Crippen molar-refractivity contribution in [2.75, 3.05) is 26.7 Å². The Labute approximate surface area is 164 Å². The van der Waals surface area contributed by atoms with Crippen molar-refractivity contribution in [1.82, 2.24) is 24.8 Å². The molecule has 2 amide bonds. The summed E-state index contributed by atoms with van der Waals surface area (Å²) in [6, 6.07) is 3.77. The van der Waals surface area contributed by atoms with Gasteiger partial charge in [0.2, 0.25) is 5.91 Å². The fourth-order valence-electron chi connectivity index (χ4n) is 3.23. The molecule has 0 saturated heterocycles. The monoisotopic (exact) mass is 383 g/mol. The van der Waals surface area contributed by atoms with Gasteiger partial charge in [-0.3, -0.25) is 14.6 Å². The SMILES string of the molecule is CCN(Cc1ccncc1)C(=O)CN1CCCc2nc(COC)ncc2C1=O. The summed E-state index contributed by atoms with van der Waals surface area (Å²) in [5.74, 6) is 0.297. The van der Waals surface area contributed by atoms with Gasteiger partial charge in [0.05, 0.1) is 11.3 Å². The number of fused-ring (bicyclic) bond motifs is 1. The molecule has 0 aliphatic carbocycles. The Balaban J connectivity index is 1.70. The number of ether oxygens (including phenoxy) is 1. The third-order valence-corrected chi connectivity index (χ3v) is 4.73. The Bertz CT molecular complexity index is 828. The molecule has 0 saturated carbocycles. The van der Waals surface area contributed by atoms with Crippen molar-refractivity contribution in [2.24, 2.45) is 0 Å². The molecular formula is C20H25N5O3. The second-order valence-electron chi connectivity index (χ2n) is 6.67. The van der Waals surface area contributed by atoms with Crippen LogP contribution in [0.5, 0.6) is 0 Å². The van der Waals surface area contributed by atoms with E-state index in [9.17, 15) is 9.59 Å². The van der Waals surface area contributed by atoms with E-state index in [1.165, 1.54) is 0 Å². The van der Waals surface area contributed by atoms with Crippen molar-refractivity contribution in [1.29, 1.82) is 0 Å². The molecule has 0 atom stereocenters. The van der Waals surface area contributed by atoms with Crippen LogP contribution in [0.25, 0.3) is 0 Å². The molecule has 0 unspecified atom stereocenters. The first-order chi connectivity index (χ1) is 13.6. The van der Waals surface area contributed by atoms with Gasteiger partial charge in [0.25, 0.3) is 5.91 Å². The first kappa shape index (κ1) is 19.9. The lowest BCUT2D eigenvalue weighted by Gasteiger charge is -2.26. The molecule has 1 aliphatic heterocycles. The molecule has 2 aromatic rings. The van der Waals surface area contributed by atoms with Gasteiger partial charge in [-0.25, -0.2) is 9.97 Å². The molecule has 148 valence electrons. The molecule has 28 heavy (non-hydrogen) atoms. The molecular weight excluding hydrogens is 358 g/mol. The van der Waals surface area contributed by atoms with Crippen LogP contribution in [0.3, 0.4) is 0 Å². The number of hydrogen-bond acceptors (Lipinski definition) is 6. The standard InChI is InChI=1S/C20H25N5O3/c1-3-24(12-15-6-8-21-9-7-15)19(26)13-25-10-4-5-17-16(20(25)27)11-22-18(23-17)14-28-2/h6-9,11H,3-5,10,12-14H2,1-2H3. The van der Waals surface area contributed by atoms with Crippen molar-refractivity contribution >= 4 is 11.8 Å². The van der Waals surface area contributed by atoms with Crippen molar-refractivity contribution in [2.45, 2.75) is 32.9 Å². The topological polar surface area (TPSA) is 88.5 Å². The van der Waals surface area contributed by atoms with Crippen LogP contribution in [-0.4, -0.2) is 63.3 Å². The van der Waals surface area contributed by atoms with E-state index in [0.29, 0.717) is 44.0 Å². The van der Waals surface area contributed by atoms with E-state index < -0.39 is 0 Å². The van der Waals surface area contributed by atoms with Crippen LogP contribution in [0.4, 0.5) is 0 Å². The van der Waals surface area contributed by atoms with E-state index in [1.807, 2.05) is 19.1 Å². The zero-order chi connectivity index (χ0) is 19.9. The number of carbonyl (C=O) groups excluding carboxylic acids is 2. The van der Waals surface area contributed by atoms with E-state index in [2.05, 4.69) is 15.0 Å². The van der Waals surface area contributed by atoms with Gasteiger partial charge in [0.15, 0.2) is 5.82 Å². The molecule has 3 rings (SSSR count). The summed E-state index contributed by atoms with van der Waals surface area (Å²) in [5.41, 5.74) is 2.21. The van der Waals surface area contributed by atoms with E-state index in [0.717, 1.165) is 17.7 Å². The quantitative estimate of drug-likeness (QED) is 0.719. The lowest BCUT2D eigenvalue weighted by atomic mass is 10.1. The largest absolute Gasteiger partial charge is 0.377 e. The van der Waals surface area contributed by atoms with Gasteiger partial charge in [-0.15, -0.1) is 0 Å². The molecule has 3 heterocycles. The Morgan fingerprint density at radius 2 is 2.11 bits per heavy atom. The smallest absolute Gasteiger partial charge is 0.257 e. The predicted molar refractivity (Wildman–Crippen MR) is 102 cm³/mol. The first-order valence-electron chi connectivity index (χ1n) is 9.42. The highest BCUT2D eigenvalue weighted by molar-refractivity contribution is 5.97. The molecule has 0 N–H and O–H groups in total. The molecule has 0 bridgehead atoms. The van der Waals surface area contributed by atoms with Gasteiger partial charge < -0.3 is 14.5 Å². The molecule has 8 nitrogen and oxygen atoms in total. The maximum absolute atomic E-state index is 12.9. The van der Waals surface area contributed by atoms with E-state index in [-0.39, 0.29) is 18.4 Å². The van der Waals surface area contributed by atoms with Gasteiger partial charge >= 0.3 is 0 Å². The molecule has 0 radical (unpaired) electrons. The van der Waals surface area contributed by atoms with Crippen LogP contribution in [0.2, 0.25) is 0 Å². The summed E-state index contributed by atoms with van der Waals surface area (Å²) in [5, 5.41) is 0. The van der Waals surface area contributed by atoms with Crippen LogP contribution in [-0.2, 0) is 29.1 Å². The van der Waals surface area contributed by atoms with Gasteiger partial charge in [-0.05, 0) is 37.5 Å². The third-order valence-electron chi connectivity index (χ3n) is 4.73. The summed E-state index contributed by atoms with van der Waals surface area (Å²) < 4.78 is 5.06. The summed E-state index contributed by atoms with van der Waals surface area (Å²) in [4.78, 5) is 41.8. The number of likely N-dealkylation sites (N-methyl/N-ethyl adjacent to an activating group) is 1. The first-order valence-corrected chi connectivity index (χ1v) is 9.42. The van der Waals surface area contributed by atoms with Gasteiger partial charge in [0, 0.05) is 45.3 Å². The summed E-state index contributed by atoms with van der Waals surface area (Å²) in [7, 11) is 1.58. The summed E-state index contributed by atoms with van der Waals surface area (Å²) >= 11 is 0. The highest BCUT2D eigenvalue weighted by Gasteiger charge is 2.27. The lowest BCUT2D eigenvalue weighted by molar-refractivity contribution is -0.132. The van der Waals surface area contributed by atoms with Crippen molar-refractivity contribution < 1.29 is 14.3 Å². The van der Waals surface area contributed by atoms with Crippen LogP contribution < -0.4 is 0 Å². The molecule has 8 heteroatoms. The Morgan fingerprint density at radius 3 is 2.82 bits per heavy atom. The number of nitrogens with zero attached hydrogens (tertiary/aromatic N) is 5. The van der Waals surface area contributed by atoms with Gasteiger partial charge in [0.1, 0.15) is 13.2 Å². The van der Waals surface area contributed by atoms with Crippen LogP contribution >= 0.6 is 0 Å². The number of aromatic nitrogens is 3. The molecule has 1 aliphatic rings. The predicted octanol–water partition coefficient (Wildman–Crippen LogP) is 1.46. The number of amides is 2. The number of pyridine rings is 1. The zero-order valence-electron chi connectivity index (χ0n) is 16.3.